The van der Waals surface area contributed by atoms with Gasteiger partial charge in [-0.05, 0) is 47.7 Å². The third-order valence-electron chi connectivity index (χ3n) is 3.31. The van der Waals surface area contributed by atoms with Crippen molar-refractivity contribution in [1.82, 2.24) is 10.2 Å². The fraction of sp³-hybridized carbons (Fsp3) is 0.923. The van der Waals surface area contributed by atoms with Gasteiger partial charge in [0.2, 0.25) is 0 Å². The summed E-state index contributed by atoms with van der Waals surface area (Å²) in [7, 11) is 1.81. The fourth-order valence-corrected chi connectivity index (χ4v) is 1.77. The number of carbonyl (C=O) groups excluding carboxylic acids is 1. The van der Waals surface area contributed by atoms with Gasteiger partial charge in [0.25, 0.3) is 0 Å². The Balaban J connectivity index is 4.42. The maximum atomic E-state index is 11.9. The summed E-state index contributed by atoms with van der Waals surface area (Å²) in [6.45, 7) is 12.5. The summed E-state index contributed by atoms with van der Waals surface area (Å²) in [6, 6.07) is 0.503. The first-order chi connectivity index (χ1) is 7.91. The zero-order valence-electron chi connectivity index (χ0n) is 12.2. The van der Waals surface area contributed by atoms with E-state index >= 15 is 0 Å². The number of hydrogen-bond donors (Lipinski definition) is 1. The van der Waals surface area contributed by atoms with Gasteiger partial charge in [-0.1, -0.05) is 6.92 Å². The molecule has 17 heavy (non-hydrogen) atoms. The van der Waals surface area contributed by atoms with Crippen molar-refractivity contribution < 1.29 is 9.53 Å². The van der Waals surface area contributed by atoms with E-state index in [2.05, 4.69) is 31.0 Å². The molecule has 0 saturated carbocycles. The molecule has 0 aliphatic rings. The number of likely N-dealkylation sites (N-methyl/N-ethyl adjacent to an activating group) is 1. The summed E-state index contributed by atoms with van der Waals surface area (Å²) in [5, 5.41) is 3.08. The van der Waals surface area contributed by atoms with Crippen molar-refractivity contribution in [2.45, 2.75) is 52.6 Å². The van der Waals surface area contributed by atoms with E-state index in [1.165, 1.54) is 0 Å². The first-order valence-corrected chi connectivity index (χ1v) is 6.51. The zero-order chi connectivity index (χ0) is 13.5. The first-order valence-electron chi connectivity index (χ1n) is 6.51. The second-order valence-corrected chi connectivity index (χ2v) is 4.77. The molecular weight excluding hydrogens is 216 g/mol. The van der Waals surface area contributed by atoms with Crippen LogP contribution in [0.15, 0.2) is 0 Å². The number of ether oxygens (including phenoxy) is 1. The Morgan fingerprint density at radius 2 is 2.00 bits per heavy atom. The molecule has 0 radical (unpaired) electrons. The lowest BCUT2D eigenvalue weighted by Gasteiger charge is -2.31. The van der Waals surface area contributed by atoms with Crippen LogP contribution in [-0.4, -0.2) is 49.2 Å². The Kier molecular flexibility index (Phi) is 7.39. The Morgan fingerprint density at radius 1 is 1.41 bits per heavy atom. The van der Waals surface area contributed by atoms with Gasteiger partial charge in [0.05, 0.1) is 6.61 Å². The normalized spacial score (nSPS) is 15.1. The van der Waals surface area contributed by atoms with Gasteiger partial charge in [-0.25, -0.2) is 0 Å². The smallest absolute Gasteiger partial charge is 0.326 e. The molecule has 0 aromatic heterocycles. The first kappa shape index (κ1) is 16.4. The predicted molar refractivity (Wildman–Crippen MR) is 71.1 cm³/mol. The Labute approximate surface area is 106 Å². The lowest BCUT2D eigenvalue weighted by Crippen LogP contribution is -2.51. The molecule has 1 unspecified atom stereocenters. The predicted octanol–water partition coefficient (Wildman–Crippen LogP) is 1.65. The second kappa shape index (κ2) is 7.67. The monoisotopic (exact) mass is 244 g/mol. The highest BCUT2D eigenvalue weighted by Gasteiger charge is 2.33. The van der Waals surface area contributed by atoms with Crippen LogP contribution in [0, 0.1) is 0 Å². The molecule has 4 nitrogen and oxygen atoms in total. The van der Waals surface area contributed by atoms with Gasteiger partial charge in [0, 0.05) is 12.6 Å². The van der Waals surface area contributed by atoms with Gasteiger partial charge in [-0.15, -0.1) is 0 Å². The zero-order valence-corrected chi connectivity index (χ0v) is 12.2. The molecule has 0 heterocycles. The third-order valence-corrected chi connectivity index (χ3v) is 3.31. The van der Waals surface area contributed by atoms with E-state index in [0.717, 1.165) is 19.5 Å². The van der Waals surface area contributed by atoms with Crippen LogP contribution < -0.4 is 5.32 Å². The average Bonchev–Trinajstić information content (AvgIpc) is 2.29. The number of rotatable bonds is 8. The van der Waals surface area contributed by atoms with Crippen LogP contribution in [0.3, 0.4) is 0 Å². The van der Waals surface area contributed by atoms with Gasteiger partial charge in [-0.2, -0.15) is 0 Å². The minimum atomic E-state index is -0.585. The Morgan fingerprint density at radius 3 is 2.35 bits per heavy atom. The largest absolute Gasteiger partial charge is 0.465 e. The van der Waals surface area contributed by atoms with Gasteiger partial charge in [0.1, 0.15) is 5.54 Å². The summed E-state index contributed by atoms with van der Waals surface area (Å²) in [6.07, 6.45) is 0.758. The molecule has 0 fully saturated rings. The minimum absolute atomic E-state index is 0.165. The van der Waals surface area contributed by atoms with Gasteiger partial charge in [-0.3, -0.25) is 4.79 Å². The summed E-state index contributed by atoms with van der Waals surface area (Å²) >= 11 is 0. The number of hydrogen-bond acceptors (Lipinski definition) is 4. The maximum absolute atomic E-state index is 11.9. The van der Waals surface area contributed by atoms with Crippen LogP contribution in [0.2, 0.25) is 0 Å². The van der Waals surface area contributed by atoms with Crippen molar-refractivity contribution in [2.75, 3.05) is 26.7 Å². The molecule has 0 aliphatic heterocycles. The third kappa shape index (κ3) is 5.04. The van der Waals surface area contributed by atoms with Crippen molar-refractivity contribution in [2.24, 2.45) is 0 Å². The summed E-state index contributed by atoms with van der Waals surface area (Å²) in [4.78, 5) is 14.2. The fourth-order valence-electron chi connectivity index (χ4n) is 1.77. The summed E-state index contributed by atoms with van der Waals surface area (Å²) in [5.74, 6) is -0.165. The quantitative estimate of drug-likeness (QED) is 0.659. The van der Waals surface area contributed by atoms with Crippen LogP contribution in [0.1, 0.15) is 41.0 Å². The minimum Gasteiger partial charge on any atom is -0.465 e. The van der Waals surface area contributed by atoms with Crippen LogP contribution >= 0.6 is 0 Å². The highest BCUT2D eigenvalue weighted by Crippen LogP contribution is 2.13. The summed E-state index contributed by atoms with van der Waals surface area (Å²) < 4.78 is 5.10. The van der Waals surface area contributed by atoms with Crippen molar-refractivity contribution in [3.05, 3.63) is 0 Å². The Hall–Kier alpha value is -0.610. The molecule has 102 valence electrons. The standard InChI is InChI=1S/C13H28N2O2/c1-7-15(11(3)4)10-9-13(5,14-6)12(16)17-8-2/h11,14H,7-10H2,1-6H3. The molecule has 0 aliphatic carbocycles. The van der Waals surface area contributed by atoms with Crippen molar-refractivity contribution in [1.29, 1.82) is 0 Å². The molecule has 0 aromatic carbocycles. The highest BCUT2D eigenvalue weighted by molar-refractivity contribution is 5.80. The molecule has 1 N–H and O–H groups in total. The van der Waals surface area contributed by atoms with E-state index in [0.29, 0.717) is 12.6 Å². The van der Waals surface area contributed by atoms with E-state index in [1.807, 2.05) is 20.9 Å². The molecule has 0 bridgehead atoms. The maximum Gasteiger partial charge on any atom is 0.326 e. The molecule has 0 amide bonds. The number of nitrogens with one attached hydrogen (secondary N) is 1. The average molecular weight is 244 g/mol. The summed E-state index contributed by atoms with van der Waals surface area (Å²) in [5.41, 5.74) is -0.585. The molecule has 0 aromatic rings. The second-order valence-electron chi connectivity index (χ2n) is 4.77. The van der Waals surface area contributed by atoms with Crippen LogP contribution in [0.5, 0.6) is 0 Å². The lowest BCUT2D eigenvalue weighted by molar-refractivity contribution is -0.150. The van der Waals surface area contributed by atoms with Crippen LogP contribution in [0.4, 0.5) is 0 Å². The van der Waals surface area contributed by atoms with E-state index < -0.39 is 5.54 Å². The van der Waals surface area contributed by atoms with E-state index in [-0.39, 0.29) is 5.97 Å². The SMILES string of the molecule is CCOC(=O)C(C)(CCN(CC)C(C)C)NC. The van der Waals surface area contributed by atoms with Crippen LogP contribution in [-0.2, 0) is 9.53 Å². The van der Waals surface area contributed by atoms with E-state index in [9.17, 15) is 4.79 Å². The molecule has 0 saturated heterocycles. The molecule has 1 atom stereocenters. The molecular formula is C13H28N2O2. The number of carbonyl (C=O) groups is 1. The van der Waals surface area contributed by atoms with Crippen molar-refractivity contribution in [3.63, 3.8) is 0 Å². The topological polar surface area (TPSA) is 41.6 Å². The van der Waals surface area contributed by atoms with E-state index in [1.54, 1.807) is 0 Å². The van der Waals surface area contributed by atoms with Gasteiger partial charge < -0.3 is 15.0 Å². The Bertz CT molecular complexity index is 231. The van der Waals surface area contributed by atoms with E-state index in [4.69, 9.17) is 4.74 Å². The molecule has 4 heteroatoms. The van der Waals surface area contributed by atoms with Crippen molar-refractivity contribution >= 4 is 5.97 Å². The van der Waals surface area contributed by atoms with Gasteiger partial charge >= 0.3 is 5.97 Å². The number of esters is 1. The van der Waals surface area contributed by atoms with Crippen LogP contribution in [0.25, 0.3) is 0 Å². The molecule has 0 rings (SSSR count). The van der Waals surface area contributed by atoms with Gasteiger partial charge in [0.15, 0.2) is 0 Å². The lowest BCUT2D eigenvalue weighted by atomic mass is 9.97. The number of nitrogens with zero attached hydrogens (tertiary/aromatic N) is 1. The van der Waals surface area contributed by atoms with Crippen molar-refractivity contribution in [3.8, 4) is 0 Å². The molecule has 0 spiro atoms. The highest BCUT2D eigenvalue weighted by atomic mass is 16.5.